The predicted octanol–water partition coefficient (Wildman–Crippen LogP) is 0.460. The van der Waals surface area contributed by atoms with Gasteiger partial charge < -0.3 is 24.6 Å². The molecule has 2 aliphatic heterocycles. The number of nitrogens with one attached hydrogen (secondary N) is 1. The van der Waals surface area contributed by atoms with Gasteiger partial charge in [-0.05, 0) is 24.3 Å². The van der Waals surface area contributed by atoms with E-state index in [1.807, 2.05) is 18.2 Å². The molecule has 8 nitrogen and oxygen atoms in total. The van der Waals surface area contributed by atoms with Gasteiger partial charge in [0.25, 0.3) is 5.91 Å². The lowest BCUT2D eigenvalue weighted by molar-refractivity contribution is -0.149. The van der Waals surface area contributed by atoms with Gasteiger partial charge in [-0.25, -0.2) is 0 Å². The fourth-order valence-corrected chi connectivity index (χ4v) is 4.06. The minimum atomic E-state index is -1.24. The molecule has 4 rings (SSSR count). The molecule has 2 aliphatic rings. The van der Waals surface area contributed by atoms with Gasteiger partial charge in [-0.1, -0.05) is 0 Å². The maximum atomic E-state index is 13.0. The Morgan fingerprint density at radius 3 is 2.77 bits per heavy atom. The van der Waals surface area contributed by atoms with Gasteiger partial charge in [-0.3, -0.25) is 14.4 Å². The van der Waals surface area contributed by atoms with E-state index in [1.54, 1.807) is 24.8 Å². The molecule has 8 heteroatoms. The highest BCUT2D eigenvalue weighted by atomic mass is 16.5. The number of nitrogens with zero attached hydrogens (tertiary/aromatic N) is 2. The van der Waals surface area contributed by atoms with Gasteiger partial charge in [-0.2, -0.15) is 0 Å². The molecule has 2 amide bonds. The molecule has 2 fully saturated rings. The average Bonchev–Trinajstić information content (AvgIpc) is 3.27. The number of aryl methyl sites for hydroxylation is 1. The van der Waals surface area contributed by atoms with Crippen LogP contribution in [0.4, 0.5) is 0 Å². The molecule has 0 spiro atoms. The Labute approximate surface area is 149 Å². The number of aromatic nitrogens is 1. The highest BCUT2D eigenvalue weighted by Crippen LogP contribution is 2.40. The highest BCUT2D eigenvalue weighted by Gasteiger charge is 2.60. The summed E-state index contributed by atoms with van der Waals surface area (Å²) in [6.07, 6.45) is 0. The van der Waals surface area contributed by atoms with Crippen LogP contribution in [0.2, 0.25) is 0 Å². The zero-order chi connectivity index (χ0) is 18.6. The minimum absolute atomic E-state index is 0.0232. The monoisotopic (exact) mass is 357 g/mol. The van der Waals surface area contributed by atoms with E-state index in [-0.39, 0.29) is 31.4 Å². The molecule has 1 aromatic carbocycles. The first-order valence-electron chi connectivity index (χ1n) is 8.31. The second kappa shape index (κ2) is 5.48. The van der Waals surface area contributed by atoms with Crippen molar-refractivity contribution in [3.05, 3.63) is 30.0 Å². The normalized spacial score (nSPS) is 24.6. The van der Waals surface area contributed by atoms with Crippen molar-refractivity contribution in [2.45, 2.75) is 0 Å². The van der Waals surface area contributed by atoms with Crippen molar-refractivity contribution < 1.29 is 24.2 Å². The van der Waals surface area contributed by atoms with E-state index in [0.29, 0.717) is 11.4 Å². The molecule has 3 heterocycles. The lowest BCUT2D eigenvalue weighted by Gasteiger charge is -2.22. The van der Waals surface area contributed by atoms with Crippen molar-refractivity contribution in [3.8, 4) is 5.75 Å². The summed E-state index contributed by atoms with van der Waals surface area (Å²) in [4.78, 5) is 38.3. The van der Waals surface area contributed by atoms with Crippen molar-refractivity contribution in [2.75, 3.05) is 26.7 Å². The van der Waals surface area contributed by atoms with E-state index in [4.69, 9.17) is 4.74 Å². The molecule has 0 aliphatic carbocycles. The van der Waals surface area contributed by atoms with Crippen LogP contribution in [-0.4, -0.2) is 59.1 Å². The number of carboxylic acid groups (broad SMARTS) is 1. The number of hydrogen-bond acceptors (Lipinski definition) is 4. The van der Waals surface area contributed by atoms with Crippen molar-refractivity contribution in [2.24, 2.45) is 18.4 Å². The summed E-state index contributed by atoms with van der Waals surface area (Å²) in [5.41, 5.74) is 0.0917. The van der Waals surface area contributed by atoms with Gasteiger partial charge in [0.05, 0.1) is 13.0 Å². The Balaban J connectivity index is 1.69. The van der Waals surface area contributed by atoms with E-state index >= 15 is 0 Å². The van der Waals surface area contributed by atoms with Gasteiger partial charge >= 0.3 is 5.97 Å². The highest BCUT2D eigenvalue weighted by molar-refractivity contribution is 6.01. The Bertz CT molecular complexity index is 950. The van der Waals surface area contributed by atoms with E-state index in [1.165, 1.54) is 4.90 Å². The van der Waals surface area contributed by atoms with Crippen LogP contribution < -0.4 is 10.1 Å². The van der Waals surface area contributed by atoms with Crippen LogP contribution in [0.15, 0.2) is 24.3 Å². The number of hydrogen-bond donors (Lipinski definition) is 2. The lowest BCUT2D eigenvalue weighted by atomic mass is 9.81. The third-order valence-electron chi connectivity index (χ3n) is 5.62. The van der Waals surface area contributed by atoms with E-state index < -0.39 is 17.3 Å². The van der Waals surface area contributed by atoms with E-state index in [0.717, 1.165) is 10.9 Å². The molecular formula is C18H19N3O5. The summed E-state index contributed by atoms with van der Waals surface area (Å²) < 4.78 is 7.00. The van der Waals surface area contributed by atoms with Gasteiger partial charge in [0.1, 0.15) is 16.9 Å². The maximum absolute atomic E-state index is 13.0. The van der Waals surface area contributed by atoms with Crippen molar-refractivity contribution >= 4 is 28.7 Å². The molecule has 0 bridgehead atoms. The molecule has 1 aromatic heterocycles. The van der Waals surface area contributed by atoms with Gasteiger partial charge in [0.2, 0.25) is 5.91 Å². The summed E-state index contributed by atoms with van der Waals surface area (Å²) in [5, 5.41) is 13.1. The Morgan fingerprint density at radius 2 is 2.12 bits per heavy atom. The molecular weight excluding hydrogens is 338 g/mol. The molecule has 0 unspecified atom stereocenters. The molecule has 2 aromatic rings. The Morgan fingerprint density at radius 1 is 1.35 bits per heavy atom. The number of fused-ring (bicyclic) bond motifs is 2. The number of ether oxygens (including phenoxy) is 1. The van der Waals surface area contributed by atoms with Crippen LogP contribution in [0, 0.1) is 11.3 Å². The fourth-order valence-electron chi connectivity index (χ4n) is 4.06. The SMILES string of the molecule is COc1ccc2c(c1)cc(C(=O)N1C[C@H]3C(=O)NC[C@@]3(C(=O)O)C1)n2C. The van der Waals surface area contributed by atoms with Crippen LogP contribution in [0.3, 0.4) is 0 Å². The van der Waals surface area contributed by atoms with Crippen LogP contribution in [-0.2, 0) is 16.6 Å². The predicted molar refractivity (Wildman–Crippen MR) is 91.9 cm³/mol. The lowest BCUT2D eigenvalue weighted by Crippen LogP contribution is -2.41. The van der Waals surface area contributed by atoms with E-state index in [9.17, 15) is 19.5 Å². The number of rotatable bonds is 3. The quantitative estimate of drug-likeness (QED) is 0.831. The van der Waals surface area contributed by atoms with Crippen LogP contribution in [0.25, 0.3) is 10.9 Å². The van der Waals surface area contributed by atoms with Crippen LogP contribution >= 0.6 is 0 Å². The number of benzene rings is 1. The first-order valence-corrected chi connectivity index (χ1v) is 8.31. The van der Waals surface area contributed by atoms with Crippen molar-refractivity contribution in [1.29, 1.82) is 0 Å². The molecule has 0 radical (unpaired) electrons. The molecule has 136 valence electrons. The third kappa shape index (κ3) is 2.11. The summed E-state index contributed by atoms with van der Waals surface area (Å²) in [6.45, 7) is 0.194. The zero-order valence-corrected chi connectivity index (χ0v) is 14.5. The number of aliphatic carboxylic acids is 1. The average molecular weight is 357 g/mol. The summed E-state index contributed by atoms with van der Waals surface area (Å²) in [5.74, 6) is -1.63. The topological polar surface area (TPSA) is 101 Å². The first kappa shape index (κ1) is 16.4. The third-order valence-corrected chi connectivity index (χ3v) is 5.62. The number of carbonyl (C=O) groups excluding carboxylic acids is 2. The zero-order valence-electron chi connectivity index (χ0n) is 14.5. The fraction of sp³-hybridized carbons (Fsp3) is 0.389. The summed E-state index contributed by atoms with van der Waals surface area (Å²) in [6, 6.07) is 7.30. The minimum Gasteiger partial charge on any atom is -0.497 e. The molecule has 2 N–H and O–H groups in total. The van der Waals surface area contributed by atoms with Crippen molar-refractivity contribution in [1.82, 2.24) is 14.8 Å². The summed E-state index contributed by atoms with van der Waals surface area (Å²) in [7, 11) is 3.37. The molecule has 0 saturated carbocycles. The maximum Gasteiger partial charge on any atom is 0.314 e. The number of amides is 2. The second-order valence-corrected chi connectivity index (χ2v) is 6.93. The largest absolute Gasteiger partial charge is 0.497 e. The van der Waals surface area contributed by atoms with Gasteiger partial charge in [-0.15, -0.1) is 0 Å². The van der Waals surface area contributed by atoms with Crippen molar-refractivity contribution in [3.63, 3.8) is 0 Å². The van der Waals surface area contributed by atoms with Crippen LogP contribution in [0.1, 0.15) is 10.5 Å². The number of likely N-dealkylation sites (tertiary alicyclic amines) is 1. The van der Waals surface area contributed by atoms with E-state index in [2.05, 4.69) is 5.32 Å². The number of carboxylic acids is 1. The second-order valence-electron chi connectivity index (χ2n) is 6.93. The summed E-state index contributed by atoms with van der Waals surface area (Å²) >= 11 is 0. The number of methoxy groups -OCH3 is 1. The number of carbonyl (C=O) groups is 3. The molecule has 2 atom stereocenters. The molecule has 2 saturated heterocycles. The van der Waals surface area contributed by atoms with Gasteiger partial charge in [0, 0.05) is 37.6 Å². The smallest absolute Gasteiger partial charge is 0.314 e. The van der Waals surface area contributed by atoms with Crippen LogP contribution in [0.5, 0.6) is 5.75 Å². The standard InChI is InChI=1S/C18H19N3O5/c1-20-13-4-3-11(26-2)5-10(13)6-14(20)16(23)21-7-12-15(22)19-8-18(12,9-21)17(24)25/h3-6,12H,7-9H2,1-2H3,(H,19,22)(H,24,25)/t12-,18+/m0/s1. The Hall–Kier alpha value is -3.03. The van der Waals surface area contributed by atoms with Gasteiger partial charge in [0.15, 0.2) is 0 Å². The first-order chi connectivity index (χ1) is 12.4. The molecule has 26 heavy (non-hydrogen) atoms. The Kier molecular flexibility index (Phi) is 3.47.